The molecule has 1 aliphatic heterocycles. The maximum absolute atomic E-state index is 13.6. The molecule has 2 nitrogen and oxygen atoms in total. The van der Waals surface area contributed by atoms with Gasteiger partial charge in [-0.3, -0.25) is 0 Å². The number of rotatable bonds is 5. The third-order valence-corrected chi connectivity index (χ3v) is 5.09. The Hall–Kier alpha value is -0.930. The lowest BCUT2D eigenvalue weighted by Gasteiger charge is -2.49. The third-order valence-electron chi connectivity index (χ3n) is 5.09. The van der Waals surface area contributed by atoms with Gasteiger partial charge in [0, 0.05) is 12.6 Å². The zero-order valence-electron chi connectivity index (χ0n) is 12.9. The Balaban J connectivity index is 1.77. The second kappa shape index (κ2) is 6.45. The van der Waals surface area contributed by atoms with Gasteiger partial charge in [0.1, 0.15) is 5.82 Å². The number of ether oxygens (including phenoxy) is 1. The summed E-state index contributed by atoms with van der Waals surface area (Å²) in [6.45, 7) is 4.00. The number of benzene rings is 1. The van der Waals surface area contributed by atoms with Crippen LogP contribution in [0.3, 0.4) is 0 Å². The minimum absolute atomic E-state index is 0.138. The molecule has 1 aromatic carbocycles. The van der Waals surface area contributed by atoms with Gasteiger partial charge in [0.2, 0.25) is 0 Å². The average Bonchev–Trinajstić information content (AvgIpc) is 2.46. The fraction of sp³-hybridized carbons (Fsp3) is 0.667. The Morgan fingerprint density at radius 2 is 2.29 bits per heavy atom. The number of hydrogen-bond acceptors (Lipinski definition) is 2. The zero-order chi connectivity index (χ0) is 14.7. The molecule has 2 unspecified atom stereocenters. The van der Waals surface area contributed by atoms with E-state index in [-0.39, 0.29) is 17.5 Å². The Morgan fingerprint density at radius 3 is 2.95 bits per heavy atom. The van der Waals surface area contributed by atoms with Crippen LogP contribution in [0, 0.1) is 11.7 Å². The van der Waals surface area contributed by atoms with Crippen LogP contribution >= 0.6 is 0 Å². The van der Waals surface area contributed by atoms with Crippen LogP contribution < -0.4 is 5.32 Å². The average molecular weight is 291 g/mol. The van der Waals surface area contributed by atoms with Gasteiger partial charge >= 0.3 is 0 Å². The van der Waals surface area contributed by atoms with Gasteiger partial charge < -0.3 is 10.1 Å². The molecule has 116 valence electrons. The molecule has 3 rings (SSSR count). The van der Waals surface area contributed by atoms with Crippen molar-refractivity contribution in [3.05, 3.63) is 35.6 Å². The van der Waals surface area contributed by atoms with E-state index in [1.165, 1.54) is 25.3 Å². The predicted molar refractivity (Wildman–Crippen MR) is 82.7 cm³/mol. The lowest BCUT2D eigenvalue weighted by Crippen LogP contribution is -2.48. The summed E-state index contributed by atoms with van der Waals surface area (Å²) in [5.41, 5.74) is 1.23. The SMILES string of the molecule is CCCNC(c1cccc(F)c1)C1CCOC2(CCC2)C1. The molecule has 0 bridgehead atoms. The highest BCUT2D eigenvalue weighted by molar-refractivity contribution is 5.21. The molecular weight excluding hydrogens is 265 g/mol. The summed E-state index contributed by atoms with van der Waals surface area (Å²) < 4.78 is 19.6. The molecule has 3 heteroatoms. The molecule has 0 aromatic heterocycles. The van der Waals surface area contributed by atoms with Crippen LogP contribution in [0.25, 0.3) is 0 Å². The van der Waals surface area contributed by atoms with Crippen molar-refractivity contribution in [2.75, 3.05) is 13.2 Å². The fourth-order valence-electron chi connectivity index (χ4n) is 3.83. The maximum Gasteiger partial charge on any atom is 0.123 e. The highest BCUT2D eigenvalue weighted by Crippen LogP contribution is 2.47. The van der Waals surface area contributed by atoms with Crippen LogP contribution in [0.15, 0.2) is 24.3 Å². The number of nitrogens with one attached hydrogen (secondary N) is 1. The summed E-state index contributed by atoms with van der Waals surface area (Å²) in [5.74, 6) is 0.411. The molecule has 1 N–H and O–H groups in total. The van der Waals surface area contributed by atoms with Crippen molar-refractivity contribution in [2.24, 2.45) is 5.92 Å². The van der Waals surface area contributed by atoms with Gasteiger partial charge in [-0.05, 0) is 68.7 Å². The third kappa shape index (κ3) is 3.29. The standard InChI is InChI=1S/C18H26FNO/c1-2-10-20-17(14-5-3-6-16(19)12-14)15-7-11-21-18(13-15)8-4-9-18/h3,5-6,12,15,17,20H,2,4,7-11,13H2,1H3. The van der Waals surface area contributed by atoms with Crippen LogP contribution in [0.5, 0.6) is 0 Å². The predicted octanol–water partition coefficient (Wildman–Crippen LogP) is 4.22. The molecule has 1 spiro atoms. The minimum atomic E-state index is -0.138. The Labute approximate surface area is 127 Å². The smallest absolute Gasteiger partial charge is 0.123 e. The van der Waals surface area contributed by atoms with Gasteiger partial charge in [0.05, 0.1) is 5.60 Å². The monoisotopic (exact) mass is 291 g/mol. The summed E-state index contributed by atoms with van der Waals surface area (Å²) in [4.78, 5) is 0. The van der Waals surface area contributed by atoms with Crippen molar-refractivity contribution in [3.63, 3.8) is 0 Å². The van der Waals surface area contributed by atoms with Crippen LogP contribution in [-0.4, -0.2) is 18.8 Å². The van der Waals surface area contributed by atoms with Gasteiger partial charge in [0.15, 0.2) is 0 Å². The molecule has 21 heavy (non-hydrogen) atoms. The van der Waals surface area contributed by atoms with E-state index in [9.17, 15) is 4.39 Å². The molecule has 1 saturated carbocycles. The molecule has 2 fully saturated rings. The van der Waals surface area contributed by atoms with E-state index in [4.69, 9.17) is 4.74 Å². The van der Waals surface area contributed by atoms with Gasteiger partial charge in [-0.15, -0.1) is 0 Å². The lowest BCUT2D eigenvalue weighted by atomic mass is 9.69. The van der Waals surface area contributed by atoms with Crippen molar-refractivity contribution >= 4 is 0 Å². The van der Waals surface area contributed by atoms with Crippen LogP contribution in [0.4, 0.5) is 4.39 Å². The van der Waals surface area contributed by atoms with Gasteiger partial charge in [0.25, 0.3) is 0 Å². The first kappa shape index (κ1) is 15.0. The normalized spacial score (nSPS) is 25.5. The highest BCUT2D eigenvalue weighted by atomic mass is 19.1. The molecule has 1 aromatic rings. The first-order chi connectivity index (χ1) is 10.2. The second-order valence-electron chi connectivity index (χ2n) is 6.62. The van der Waals surface area contributed by atoms with Crippen LogP contribution in [0.2, 0.25) is 0 Å². The van der Waals surface area contributed by atoms with E-state index >= 15 is 0 Å². The summed E-state index contributed by atoms with van der Waals surface area (Å²) in [7, 11) is 0. The fourth-order valence-corrected chi connectivity index (χ4v) is 3.83. The Morgan fingerprint density at radius 1 is 1.43 bits per heavy atom. The molecule has 1 saturated heterocycles. The van der Waals surface area contributed by atoms with E-state index in [0.29, 0.717) is 5.92 Å². The van der Waals surface area contributed by atoms with Crippen LogP contribution in [0.1, 0.15) is 57.1 Å². The molecule has 1 aliphatic carbocycles. The largest absolute Gasteiger partial charge is 0.375 e. The molecule has 0 radical (unpaired) electrons. The van der Waals surface area contributed by atoms with Crippen molar-refractivity contribution in [2.45, 2.75) is 57.1 Å². The summed E-state index contributed by atoms with van der Waals surface area (Å²) in [6.07, 6.45) is 6.98. The van der Waals surface area contributed by atoms with Crippen molar-refractivity contribution < 1.29 is 9.13 Å². The van der Waals surface area contributed by atoms with E-state index in [1.54, 1.807) is 6.07 Å². The molecule has 2 aliphatic rings. The first-order valence-electron chi connectivity index (χ1n) is 8.35. The van der Waals surface area contributed by atoms with Gasteiger partial charge in [-0.2, -0.15) is 0 Å². The van der Waals surface area contributed by atoms with E-state index in [1.807, 2.05) is 6.07 Å². The number of halogens is 1. The van der Waals surface area contributed by atoms with Crippen molar-refractivity contribution in [1.82, 2.24) is 5.32 Å². The quantitative estimate of drug-likeness (QED) is 0.877. The van der Waals surface area contributed by atoms with Gasteiger partial charge in [-0.1, -0.05) is 19.1 Å². The summed E-state index contributed by atoms with van der Waals surface area (Å²) >= 11 is 0. The van der Waals surface area contributed by atoms with Crippen LogP contribution in [-0.2, 0) is 4.74 Å². The maximum atomic E-state index is 13.6. The van der Waals surface area contributed by atoms with E-state index in [0.717, 1.165) is 38.0 Å². The first-order valence-corrected chi connectivity index (χ1v) is 8.35. The van der Waals surface area contributed by atoms with E-state index < -0.39 is 0 Å². The summed E-state index contributed by atoms with van der Waals surface area (Å²) in [5, 5.41) is 3.65. The Kier molecular flexibility index (Phi) is 4.60. The minimum Gasteiger partial charge on any atom is -0.375 e. The summed E-state index contributed by atoms with van der Waals surface area (Å²) in [6, 6.07) is 7.35. The topological polar surface area (TPSA) is 21.3 Å². The van der Waals surface area contributed by atoms with Crippen molar-refractivity contribution in [3.8, 4) is 0 Å². The van der Waals surface area contributed by atoms with Crippen molar-refractivity contribution in [1.29, 1.82) is 0 Å². The zero-order valence-corrected chi connectivity index (χ0v) is 12.9. The molecular formula is C18H26FNO. The second-order valence-corrected chi connectivity index (χ2v) is 6.62. The molecule has 1 heterocycles. The highest BCUT2D eigenvalue weighted by Gasteiger charge is 2.44. The molecule has 2 atom stereocenters. The Bertz CT molecular complexity index is 472. The van der Waals surface area contributed by atoms with Gasteiger partial charge in [-0.25, -0.2) is 4.39 Å². The van der Waals surface area contributed by atoms with E-state index in [2.05, 4.69) is 18.3 Å². The number of hydrogen-bond donors (Lipinski definition) is 1. The molecule has 0 amide bonds. The lowest BCUT2D eigenvalue weighted by molar-refractivity contribution is -0.147.